The number of nitrogens with zero attached hydrogens (tertiary/aromatic N) is 1. The van der Waals surface area contributed by atoms with Crippen LogP contribution in [0.3, 0.4) is 0 Å². The number of likely N-dealkylation sites (N-methyl/N-ethyl adjacent to an activating group) is 1. The molecule has 5 heteroatoms. The smallest absolute Gasteiger partial charge is 0.261 e. The van der Waals surface area contributed by atoms with Gasteiger partial charge in [-0.05, 0) is 43.3 Å². The Labute approximate surface area is 141 Å². The monoisotopic (exact) mass is 330 g/mol. The second-order valence-electron chi connectivity index (χ2n) is 5.45. The number of benzene rings is 1. The summed E-state index contributed by atoms with van der Waals surface area (Å²) in [5.74, 6) is -0.270. The molecule has 0 aliphatic rings. The predicted octanol–water partition coefficient (Wildman–Crippen LogP) is 3.22. The van der Waals surface area contributed by atoms with Crippen LogP contribution in [0.15, 0.2) is 41.8 Å². The molecule has 0 saturated carbocycles. The molecule has 1 unspecified atom stereocenters. The fraction of sp³-hybridized carbons (Fsp3) is 0.333. The Kier molecular flexibility index (Phi) is 5.93. The zero-order valence-corrected chi connectivity index (χ0v) is 14.5. The third-order valence-corrected chi connectivity index (χ3v) is 4.65. The molecule has 0 aliphatic carbocycles. The first-order valence-corrected chi connectivity index (χ1v) is 8.58. The van der Waals surface area contributed by atoms with Gasteiger partial charge in [-0.3, -0.25) is 9.59 Å². The van der Waals surface area contributed by atoms with E-state index in [0.29, 0.717) is 18.0 Å². The molecule has 1 aromatic carbocycles. The summed E-state index contributed by atoms with van der Waals surface area (Å²) in [6.07, 6.45) is 0. The highest BCUT2D eigenvalue weighted by molar-refractivity contribution is 7.12. The summed E-state index contributed by atoms with van der Waals surface area (Å²) in [6.45, 7) is 6.88. The molecule has 0 aliphatic heterocycles. The molecular formula is C18H22N2O2S. The predicted molar refractivity (Wildman–Crippen MR) is 93.5 cm³/mol. The van der Waals surface area contributed by atoms with Crippen LogP contribution in [0.1, 0.15) is 34.6 Å². The Morgan fingerprint density at radius 2 is 1.96 bits per heavy atom. The second kappa shape index (κ2) is 7.92. The van der Waals surface area contributed by atoms with Crippen LogP contribution in [0.5, 0.6) is 0 Å². The van der Waals surface area contributed by atoms with E-state index >= 15 is 0 Å². The number of aryl methyl sites for hydroxylation is 1. The van der Waals surface area contributed by atoms with Crippen molar-refractivity contribution in [3.05, 3.63) is 57.8 Å². The Bertz CT molecular complexity index is 667. The van der Waals surface area contributed by atoms with Crippen LogP contribution in [-0.2, 0) is 11.3 Å². The lowest BCUT2D eigenvalue weighted by atomic mass is 10.1. The molecule has 2 aromatic rings. The number of hydrogen-bond acceptors (Lipinski definition) is 3. The van der Waals surface area contributed by atoms with Gasteiger partial charge in [0.2, 0.25) is 5.91 Å². The minimum absolute atomic E-state index is 0.0688. The van der Waals surface area contributed by atoms with Gasteiger partial charge >= 0.3 is 0 Å². The van der Waals surface area contributed by atoms with Gasteiger partial charge in [-0.2, -0.15) is 0 Å². The van der Waals surface area contributed by atoms with Crippen LogP contribution in [0.25, 0.3) is 0 Å². The summed E-state index contributed by atoms with van der Waals surface area (Å²) >= 11 is 1.37. The van der Waals surface area contributed by atoms with Gasteiger partial charge in [0, 0.05) is 13.1 Å². The largest absolute Gasteiger partial charge is 0.340 e. The topological polar surface area (TPSA) is 49.4 Å². The zero-order chi connectivity index (χ0) is 16.8. The summed E-state index contributed by atoms with van der Waals surface area (Å²) in [5.41, 5.74) is 2.29. The molecule has 0 fully saturated rings. The molecule has 0 bridgehead atoms. The fourth-order valence-electron chi connectivity index (χ4n) is 2.35. The summed E-state index contributed by atoms with van der Waals surface area (Å²) < 4.78 is 0. The summed E-state index contributed by atoms with van der Waals surface area (Å²) in [7, 11) is 0. The first-order chi connectivity index (χ1) is 11.0. The Morgan fingerprint density at radius 3 is 2.57 bits per heavy atom. The number of carbonyl (C=O) groups is 2. The lowest BCUT2D eigenvalue weighted by molar-refractivity contribution is -0.133. The number of nitrogens with one attached hydrogen (secondary N) is 1. The van der Waals surface area contributed by atoms with Crippen LogP contribution in [0.4, 0.5) is 0 Å². The molecular weight excluding hydrogens is 308 g/mol. The van der Waals surface area contributed by atoms with Crippen molar-refractivity contribution >= 4 is 23.2 Å². The van der Waals surface area contributed by atoms with Gasteiger partial charge in [0.25, 0.3) is 5.91 Å². The average molecular weight is 330 g/mol. The minimum Gasteiger partial charge on any atom is -0.340 e. The molecule has 4 nitrogen and oxygen atoms in total. The van der Waals surface area contributed by atoms with Crippen molar-refractivity contribution in [1.29, 1.82) is 0 Å². The molecule has 122 valence electrons. The lowest BCUT2D eigenvalue weighted by Crippen LogP contribution is -2.46. The van der Waals surface area contributed by atoms with E-state index in [1.165, 1.54) is 11.3 Å². The lowest BCUT2D eigenvalue weighted by Gasteiger charge is -2.25. The van der Waals surface area contributed by atoms with Crippen molar-refractivity contribution in [3.63, 3.8) is 0 Å². The van der Waals surface area contributed by atoms with Gasteiger partial charge in [0.05, 0.1) is 4.88 Å². The average Bonchev–Trinajstić information content (AvgIpc) is 3.08. The molecule has 2 rings (SSSR count). The molecule has 1 N–H and O–H groups in total. The molecule has 1 aromatic heterocycles. The SMILES string of the molecule is CCN(Cc1ccccc1C)C(=O)C(C)NC(=O)c1cccs1. The molecule has 1 atom stereocenters. The van der Waals surface area contributed by atoms with E-state index in [2.05, 4.69) is 5.32 Å². The van der Waals surface area contributed by atoms with Crippen LogP contribution in [0, 0.1) is 6.92 Å². The van der Waals surface area contributed by atoms with Crippen molar-refractivity contribution in [2.45, 2.75) is 33.4 Å². The fourth-order valence-corrected chi connectivity index (χ4v) is 2.98. The van der Waals surface area contributed by atoms with E-state index in [0.717, 1.165) is 11.1 Å². The van der Waals surface area contributed by atoms with Crippen molar-refractivity contribution < 1.29 is 9.59 Å². The normalized spacial score (nSPS) is 11.8. The van der Waals surface area contributed by atoms with Crippen molar-refractivity contribution in [2.24, 2.45) is 0 Å². The molecule has 2 amide bonds. The van der Waals surface area contributed by atoms with Crippen molar-refractivity contribution in [1.82, 2.24) is 10.2 Å². The van der Waals surface area contributed by atoms with E-state index < -0.39 is 6.04 Å². The first kappa shape index (κ1) is 17.2. The van der Waals surface area contributed by atoms with Crippen LogP contribution < -0.4 is 5.32 Å². The van der Waals surface area contributed by atoms with Gasteiger partial charge < -0.3 is 10.2 Å². The maximum Gasteiger partial charge on any atom is 0.261 e. The van der Waals surface area contributed by atoms with Gasteiger partial charge in [-0.15, -0.1) is 11.3 Å². The van der Waals surface area contributed by atoms with Crippen molar-refractivity contribution in [2.75, 3.05) is 6.54 Å². The Morgan fingerprint density at radius 1 is 1.22 bits per heavy atom. The highest BCUT2D eigenvalue weighted by Gasteiger charge is 2.22. The number of amides is 2. The summed E-state index contributed by atoms with van der Waals surface area (Å²) in [4.78, 5) is 27.1. The highest BCUT2D eigenvalue weighted by Crippen LogP contribution is 2.12. The van der Waals surface area contributed by atoms with Gasteiger partial charge in [-0.25, -0.2) is 0 Å². The van der Waals surface area contributed by atoms with E-state index in [4.69, 9.17) is 0 Å². The van der Waals surface area contributed by atoms with E-state index in [1.807, 2.05) is 49.6 Å². The Balaban J connectivity index is 2.01. The van der Waals surface area contributed by atoms with Crippen LogP contribution in [0.2, 0.25) is 0 Å². The standard InChI is InChI=1S/C18H22N2O2S/c1-4-20(12-15-9-6-5-8-13(15)2)18(22)14(3)19-17(21)16-10-7-11-23-16/h5-11,14H,4,12H2,1-3H3,(H,19,21). The molecule has 0 radical (unpaired) electrons. The number of carbonyl (C=O) groups excluding carboxylic acids is 2. The van der Waals surface area contributed by atoms with Gasteiger partial charge in [0.1, 0.15) is 6.04 Å². The number of rotatable bonds is 6. The zero-order valence-electron chi connectivity index (χ0n) is 13.7. The second-order valence-corrected chi connectivity index (χ2v) is 6.40. The molecule has 0 saturated heterocycles. The van der Waals surface area contributed by atoms with E-state index in [-0.39, 0.29) is 11.8 Å². The van der Waals surface area contributed by atoms with E-state index in [1.54, 1.807) is 17.9 Å². The maximum absolute atomic E-state index is 12.6. The van der Waals surface area contributed by atoms with Crippen LogP contribution in [-0.4, -0.2) is 29.3 Å². The summed E-state index contributed by atoms with van der Waals surface area (Å²) in [5, 5.41) is 4.62. The highest BCUT2D eigenvalue weighted by atomic mass is 32.1. The third kappa shape index (κ3) is 4.42. The van der Waals surface area contributed by atoms with Crippen LogP contribution >= 0.6 is 11.3 Å². The van der Waals surface area contributed by atoms with Crippen molar-refractivity contribution in [3.8, 4) is 0 Å². The first-order valence-electron chi connectivity index (χ1n) is 7.70. The number of thiophene rings is 1. The molecule has 1 heterocycles. The molecule has 0 spiro atoms. The Hall–Kier alpha value is -2.14. The third-order valence-electron chi connectivity index (χ3n) is 3.78. The van der Waals surface area contributed by atoms with Gasteiger partial charge in [0.15, 0.2) is 0 Å². The number of hydrogen-bond donors (Lipinski definition) is 1. The molecule has 23 heavy (non-hydrogen) atoms. The minimum atomic E-state index is -0.548. The summed E-state index contributed by atoms with van der Waals surface area (Å²) in [6, 6.07) is 11.1. The van der Waals surface area contributed by atoms with Gasteiger partial charge in [-0.1, -0.05) is 30.3 Å². The maximum atomic E-state index is 12.6. The van der Waals surface area contributed by atoms with E-state index in [9.17, 15) is 9.59 Å². The quantitative estimate of drug-likeness (QED) is 0.884.